The van der Waals surface area contributed by atoms with Gasteiger partial charge in [-0.15, -0.1) is 0 Å². The lowest BCUT2D eigenvalue weighted by atomic mass is 9.71. The van der Waals surface area contributed by atoms with E-state index in [-0.39, 0.29) is 24.2 Å². The van der Waals surface area contributed by atoms with Crippen LogP contribution in [0.25, 0.3) is 0 Å². The van der Waals surface area contributed by atoms with E-state index >= 15 is 0 Å². The zero-order chi connectivity index (χ0) is 26.8. The van der Waals surface area contributed by atoms with Crippen molar-refractivity contribution in [2.24, 2.45) is 0 Å². The lowest BCUT2D eigenvalue weighted by Gasteiger charge is -2.50. The topological polar surface area (TPSA) is 67.9 Å². The van der Waals surface area contributed by atoms with Gasteiger partial charge in [0.2, 0.25) is 5.91 Å². The number of likely N-dealkylation sites (tertiary alicyclic amines) is 1. The highest BCUT2D eigenvalue weighted by molar-refractivity contribution is 9.10. The minimum atomic E-state index is -0.590. The van der Waals surface area contributed by atoms with Gasteiger partial charge in [-0.2, -0.15) is 0 Å². The number of hydrogen-bond acceptors (Lipinski definition) is 4. The highest BCUT2D eigenvalue weighted by Gasteiger charge is 2.49. The first-order chi connectivity index (χ1) is 17.4. The van der Waals surface area contributed by atoms with Gasteiger partial charge in [0.15, 0.2) is 0 Å². The Hall–Kier alpha value is -2.91. The summed E-state index contributed by atoms with van der Waals surface area (Å²) in [5.74, 6) is 0.505. The first kappa shape index (κ1) is 27.1. The normalized spacial score (nSPS) is 14.5. The van der Waals surface area contributed by atoms with E-state index in [1.54, 1.807) is 35.2 Å². The van der Waals surface area contributed by atoms with Crippen LogP contribution in [0.3, 0.4) is 0 Å². The summed E-state index contributed by atoms with van der Waals surface area (Å²) in [6.07, 6.45) is -0.181. The number of nitrogens with one attached hydrogen (secondary N) is 1. The Kier molecular flexibility index (Phi) is 7.94. The van der Waals surface area contributed by atoms with Gasteiger partial charge in [-0.05, 0) is 96.9 Å². The molecule has 0 spiro atoms. The van der Waals surface area contributed by atoms with Crippen molar-refractivity contribution in [3.63, 3.8) is 0 Å². The predicted molar refractivity (Wildman–Crippen MR) is 147 cm³/mol. The van der Waals surface area contributed by atoms with E-state index in [4.69, 9.17) is 9.47 Å². The SMILES string of the molecule is CC(C)(C)OC(=O)N1CC(CC(=O)Nc2ccc(Oc3ccc(F)c(Br)c3)cc2)(c2ccc(Br)cc2)C1. The van der Waals surface area contributed by atoms with Crippen LogP contribution < -0.4 is 10.1 Å². The minimum absolute atomic E-state index is 0.164. The molecule has 37 heavy (non-hydrogen) atoms. The van der Waals surface area contributed by atoms with E-state index in [1.165, 1.54) is 12.1 Å². The lowest BCUT2D eigenvalue weighted by Crippen LogP contribution is -2.62. The molecule has 3 aromatic rings. The van der Waals surface area contributed by atoms with Gasteiger partial charge in [0.05, 0.1) is 4.47 Å². The van der Waals surface area contributed by atoms with E-state index < -0.39 is 11.0 Å². The van der Waals surface area contributed by atoms with Crippen molar-refractivity contribution in [1.82, 2.24) is 4.90 Å². The molecule has 1 fully saturated rings. The highest BCUT2D eigenvalue weighted by atomic mass is 79.9. The largest absolute Gasteiger partial charge is 0.457 e. The summed E-state index contributed by atoms with van der Waals surface area (Å²) in [5.41, 5.74) is 0.500. The number of carbonyl (C=O) groups excluding carboxylic acids is 2. The van der Waals surface area contributed by atoms with Crippen LogP contribution in [0.4, 0.5) is 14.9 Å². The second-order valence-electron chi connectivity index (χ2n) is 10.1. The Bertz CT molecular complexity index is 1290. The minimum Gasteiger partial charge on any atom is -0.457 e. The van der Waals surface area contributed by atoms with Crippen molar-refractivity contribution < 1.29 is 23.5 Å². The average molecular weight is 634 g/mol. The Labute approximate surface area is 232 Å². The van der Waals surface area contributed by atoms with E-state index in [1.807, 2.05) is 45.0 Å². The van der Waals surface area contributed by atoms with Gasteiger partial charge in [0, 0.05) is 35.1 Å². The predicted octanol–water partition coefficient (Wildman–Crippen LogP) is 7.66. The fourth-order valence-electron chi connectivity index (χ4n) is 4.14. The van der Waals surface area contributed by atoms with Crippen LogP contribution in [-0.4, -0.2) is 35.6 Å². The molecular formula is C28H27Br2FN2O4. The fourth-order valence-corrected chi connectivity index (χ4v) is 4.76. The number of carbonyl (C=O) groups is 2. The van der Waals surface area contributed by atoms with Gasteiger partial charge in [-0.25, -0.2) is 9.18 Å². The van der Waals surface area contributed by atoms with Gasteiger partial charge in [-0.1, -0.05) is 28.1 Å². The first-order valence-electron chi connectivity index (χ1n) is 11.7. The summed E-state index contributed by atoms with van der Waals surface area (Å²) in [4.78, 5) is 27.3. The summed E-state index contributed by atoms with van der Waals surface area (Å²) in [7, 11) is 0. The molecule has 9 heteroatoms. The molecule has 0 atom stereocenters. The van der Waals surface area contributed by atoms with Crippen molar-refractivity contribution in [3.05, 3.63) is 87.1 Å². The standard InChI is InChI=1S/C28H27Br2FN2O4/c1-27(2,3)37-26(35)33-16-28(17-33,18-4-6-19(29)7-5-18)15-25(34)32-20-8-10-21(11-9-20)36-22-12-13-24(31)23(30)14-22/h4-14H,15-17H2,1-3H3,(H,32,34). The summed E-state index contributed by atoms with van der Waals surface area (Å²) < 4.78 is 26.0. The number of amides is 2. The molecule has 0 saturated carbocycles. The summed E-state index contributed by atoms with van der Waals surface area (Å²) in [6.45, 7) is 6.26. The van der Waals surface area contributed by atoms with Crippen molar-refractivity contribution >= 4 is 49.5 Å². The van der Waals surface area contributed by atoms with Gasteiger partial charge in [-0.3, -0.25) is 4.79 Å². The quantitative estimate of drug-likeness (QED) is 0.303. The number of anilines is 1. The molecule has 6 nitrogen and oxygen atoms in total. The Balaban J connectivity index is 1.42. The molecule has 1 aliphatic rings. The molecular weight excluding hydrogens is 607 g/mol. The fraction of sp³-hybridized carbons (Fsp3) is 0.286. The number of hydrogen-bond donors (Lipinski definition) is 1. The van der Waals surface area contributed by atoms with Crippen molar-refractivity contribution in [3.8, 4) is 11.5 Å². The molecule has 0 bridgehead atoms. The van der Waals surface area contributed by atoms with Crippen LogP contribution in [0.5, 0.6) is 11.5 Å². The second kappa shape index (κ2) is 10.8. The smallest absolute Gasteiger partial charge is 0.410 e. The van der Waals surface area contributed by atoms with E-state index in [2.05, 4.69) is 37.2 Å². The van der Waals surface area contributed by atoms with E-state index in [0.717, 1.165) is 10.0 Å². The van der Waals surface area contributed by atoms with Crippen LogP contribution in [0.15, 0.2) is 75.7 Å². The molecule has 0 aliphatic carbocycles. The van der Waals surface area contributed by atoms with Crippen molar-refractivity contribution in [2.45, 2.75) is 38.2 Å². The third-order valence-electron chi connectivity index (χ3n) is 5.86. The Morgan fingerprint density at radius 2 is 1.59 bits per heavy atom. The Morgan fingerprint density at radius 1 is 0.973 bits per heavy atom. The molecule has 2 amide bonds. The second-order valence-corrected chi connectivity index (χ2v) is 11.8. The number of ether oxygens (including phenoxy) is 2. The van der Waals surface area contributed by atoms with Crippen LogP contribution >= 0.6 is 31.9 Å². The monoisotopic (exact) mass is 632 g/mol. The Morgan fingerprint density at radius 3 is 2.19 bits per heavy atom. The first-order valence-corrected chi connectivity index (χ1v) is 13.3. The molecule has 1 N–H and O–H groups in total. The van der Waals surface area contributed by atoms with Gasteiger partial charge >= 0.3 is 6.09 Å². The molecule has 194 valence electrons. The maximum Gasteiger partial charge on any atom is 0.410 e. The van der Waals surface area contributed by atoms with Crippen LogP contribution in [0.1, 0.15) is 32.8 Å². The third-order valence-corrected chi connectivity index (χ3v) is 7.00. The van der Waals surface area contributed by atoms with E-state index in [0.29, 0.717) is 34.7 Å². The summed E-state index contributed by atoms with van der Waals surface area (Å²) in [6, 6.07) is 19.2. The van der Waals surface area contributed by atoms with Crippen LogP contribution in [-0.2, 0) is 14.9 Å². The van der Waals surface area contributed by atoms with Crippen LogP contribution in [0.2, 0.25) is 0 Å². The van der Waals surface area contributed by atoms with Gasteiger partial charge < -0.3 is 19.7 Å². The zero-order valence-corrected chi connectivity index (χ0v) is 23.9. The number of rotatable bonds is 6. The van der Waals surface area contributed by atoms with Crippen molar-refractivity contribution in [2.75, 3.05) is 18.4 Å². The molecule has 0 aromatic heterocycles. The molecule has 1 heterocycles. The van der Waals surface area contributed by atoms with Gasteiger partial charge in [0.1, 0.15) is 22.9 Å². The van der Waals surface area contributed by atoms with Crippen LogP contribution in [0, 0.1) is 5.82 Å². The molecule has 0 unspecified atom stereocenters. The molecule has 0 radical (unpaired) electrons. The van der Waals surface area contributed by atoms with Crippen molar-refractivity contribution in [1.29, 1.82) is 0 Å². The molecule has 4 rings (SSSR count). The molecule has 1 saturated heterocycles. The molecule has 3 aromatic carbocycles. The number of nitrogens with zero attached hydrogens (tertiary/aromatic N) is 1. The lowest BCUT2D eigenvalue weighted by molar-refractivity contribution is -0.119. The zero-order valence-electron chi connectivity index (χ0n) is 20.7. The van der Waals surface area contributed by atoms with E-state index in [9.17, 15) is 14.0 Å². The average Bonchev–Trinajstić information content (AvgIpc) is 2.79. The number of benzene rings is 3. The summed E-state index contributed by atoms with van der Waals surface area (Å²) >= 11 is 6.60. The molecule has 1 aliphatic heterocycles. The van der Waals surface area contributed by atoms with Gasteiger partial charge in [0.25, 0.3) is 0 Å². The maximum atomic E-state index is 13.4. The maximum absolute atomic E-state index is 13.4. The highest BCUT2D eigenvalue weighted by Crippen LogP contribution is 2.39. The summed E-state index contributed by atoms with van der Waals surface area (Å²) in [5, 5.41) is 2.94. The number of halogens is 3. The third kappa shape index (κ3) is 6.90.